The van der Waals surface area contributed by atoms with Crippen LogP contribution in [0.3, 0.4) is 0 Å². The number of fused-ring (bicyclic) bond motifs is 1. The number of benzene rings is 3. The van der Waals surface area contributed by atoms with Crippen molar-refractivity contribution in [1.82, 2.24) is 0 Å². The van der Waals surface area contributed by atoms with Gasteiger partial charge in [-0.05, 0) is 42.5 Å². The van der Waals surface area contributed by atoms with Crippen molar-refractivity contribution >= 4 is 45.8 Å². The lowest BCUT2D eigenvalue weighted by Gasteiger charge is -2.08. The third kappa shape index (κ3) is 3.83. The summed E-state index contributed by atoms with van der Waals surface area (Å²) in [4.78, 5) is 25.5. The van der Waals surface area contributed by atoms with Gasteiger partial charge >= 0.3 is 0 Å². The Morgan fingerprint density at radius 1 is 0.862 bits per heavy atom. The number of rotatable bonds is 4. The molecule has 0 spiro atoms. The lowest BCUT2D eigenvalue weighted by atomic mass is 10.1. The average Bonchev–Trinajstić information content (AvgIpc) is 3.07. The monoisotopic (exact) mass is 408 g/mol. The van der Waals surface area contributed by atoms with E-state index in [1.54, 1.807) is 54.6 Å². The molecule has 2 N–H and O–H groups in total. The van der Waals surface area contributed by atoms with Crippen molar-refractivity contribution in [2.75, 3.05) is 10.6 Å². The van der Waals surface area contributed by atoms with Crippen LogP contribution >= 0.6 is 11.6 Å². The molecule has 0 fully saturated rings. The van der Waals surface area contributed by atoms with Crippen molar-refractivity contribution in [2.45, 2.75) is 0 Å². The Morgan fingerprint density at radius 3 is 2.41 bits per heavy atom. The number of carbonyl (C=O) groups excluding carboxylic acids is 2. The van der Waals surface area contributed by atoms with Crippen LogP contribution in [0.1, 0.15) is 20.9 Å². The molecule has 0 saturated heterocycles. The third-order valence-corrected chi connectivity index (χ3v) is 4.57. The molecule has 29 heavy (non-hydrogen) atoms. The van der Waals surface area contributed by atoms with Crippen LogP contribution in [-0.4, -0.2) is 11.8 Å². The van der Waals surface area contributed by atoms with Gasteiger partial charge in [0.2, 0.25) is 5.76 Å². The Morgan fingerprint density at radius 2 is 1.62 bits per heavy atom. The second-order valence-electron chi connectivity index (χ2n) is 6.20. The molecule has 7 heteroatoms. The Balaban J connectivity index is 1.72. The lowest BCUT2D eigenvalue weighted by Crippen LogP contribution is -2.17. The number of carbonyl (C=O) groups is 2. The van der Waals surface area contributed by atoms with Gasteiger partial charge in [0.25, 0.3) is 11.8 Å². The van der Waals surface area contributed by atoms with Gasteiger partial charge in [-0.3, -0.25) is 9.59 Å². The molecule has 1 aromatic heterocycles. The first-order valence-corrected chi connectivity index (χ1v) is 9.05. The first-order valence-electron chi connectivity index (χ1n) is 8.67. The summed E-state index contributed by atoms with van der Waals surface area (Å²) in [5, 5.41) is 6.13. The van der Waals surface area contributed by atoms with E-state index in [0.717, 1.165) is 0 Å². The fraction of sp³-hybridized carbons (Fsp3) is 0. The molecule has 2 amide bonds. The maximum Gasteiger partial charge on any atom is 0.293 e. The Hall–Kier alpha value is -3.64. The van der Waals surface area contributed by atoms with E-state index in [-0.39, 0.29) is 27.7 Å². The van der Waals surface area contributed by atoms with Crippen molar-refractivity contribution in [3.8, 4) is 0 Å². The summed E-state index contributed by atoms with van der Waals surface area (Å²) in [6.45, 7) is 0. The predicted molar refractivity (Wildman–Crippen MR) is 110 cm³/mol. The van der Waals surface area contributed by atoms with E-state index in [1.807, 2.05) is 0 Å². The molecule has 0 bridgehead atoms. The molecule has 0 saturated carbocycles. The zero-order valence-electron chi connectivity index (χ0n) is 14.9. The quantitative estimate of drug-likeness (QED) is 0.453. The molecule has 3 aromatic carbocycles. The summed E-state index contributed by atoms with van der Waals surface area (Å²) in [7, 11) is 0. The Labute approximate surface area is 170 Å². The highest BCUT2D eigenvalue weighted by molar-refractivity contribution is 6.34. The number of para-hydroxylation sites is 1. The SMILES string of the molecule is O=C(Nc1c(C(=O)Nc2cccc(F)c2)oc2ccccc12)c1ccccc1Cl. The minimum atomic E-state index is -0.624. The first-order chi connectivity index (χ1) is 14.0. The van der Waals surface area contributed by atoms with E-state index in [0.29, 0.717) is 11.0 Å². The zero-order chi connectivity index (χ0) is 20.4. The standard InChI is InChI=1S/C22H14ClFN2O3/c23-17-10-3-1-8-15(17)21(27)26-19-16-9-2-4-11-18(16)29-20(19)22(28)25-14-7-5-6-13(24)12-14/h1-12H,(H,25,28)(H,26,27). The van der Waals surface area contributed by atoms with Crippen LogP contribution in [-0.2, 0) is 0 Å². The van der Waals surface area contributed by atoms with Crippen LogP contribution in [0, 0.1) is 5.82 Å². The van der Waals surface area contributed by atoms with Gasteiger partial charge in [0.15, 0.2) is 0 Å². The summed E-state index contributed by atoms with van der Waals surface area (Å²) in [6.07, 6.45) is 0. The molecule has 0 aliphatic carbocycles. The third-order valence-electron chi connectivity index (χ3n) is 4.24. The second kappa shape index (κ2) is 7.77. The first kappa shape index (κ1) is 18.7. The Kier molecular flexibility index (Phi) is 5.01. The normalized spacial score (nSPS) is 10.7. The van der Waals surface area contributed by atoms with Gasteiger partial charge in [-0.25, -0.2) is 4.39 Å². The van der Waals surface area contributed by atoms with Gasteiger partial charge < -0.3 is 15.1 Å². The van der Waals surface area contributed by atoms with E-state index < -0.39 is 17.6 Å². The van der Waals surface area contributed by atoms with Crippen LogP contribution in [0.15, 0.2) is 77.2 Å². The maximum atomic E-state index is 13.4. The minimum absolute atomic E-state index is 0.101. The molecule has 0 aliphatic rings. The number of amides is 2. The van der Waals surface area contributed by atoms with Crippen LogP contribution in [0.2, 0.25) is 5.02 Å². The summed E-state index contributed by atoms with van der Waals surface area (Å²) in [5.41, 5.74) is 1.15. The minimum Gasteiger partial charge on any atom is -0.449 e. The predicted octanol–water partition coefficient (Wildman–Crippen LogP) is 5.73. The van der Waals surface area contributed by atoms with E-state index >= 15 is 0 Å². The summed E-state index contributed by atoms with van der Waals surface area (Å²) in [5.74, 6) is -1.70. The number of halogens is 2. The van der Waals surface area contributed by atoms with Crippen molar-refractivity contribution in [3.63, 3.8) is 0 Å². The molecule has 144 valence electrons. The van der Waals surface area contributed by atoms with Gasteiger partial charge in [-0.15, -0.1) is 0 Å². The van der Waals surface area contributed by atoms with Crippen LogP contribution in [0.5, 0.6) is 0 Å². The molecular formula is C22H14ClFN2O3. The molecule has 0 aliphatic heterocycles. The highest BCUT2D eigenvalue weighted by Crippen LogP contribution is 2.32. The number of nitrogens with one attached hydrogen (secondary N) is 2. The van der Waals surface area contributed by atoms with E-state index in [1.165, 1.54) is 18.2 Å². The van der Waals surface area contributed by atoms with E-state index in [9.17, 15) is 14.0 Å². The topological polar surface area (TPSA) is 71.3 Å². The summed E-state index contributed by atoms with van der Waals surface area (Å²) < 4.78 is 19.1. The van der Waals surface area contributed by atoms with Gasteiger partial charge in [0.1, 0.15) is 17.1 Å². The van der Waals surface area contributed by atoms with Crippen LogP contribution < -0.4 is 10.6 Å². The van der Waals surface area contributed by atoms with Gasteiger partial charge in [0, 0.05) is 11.1 Å². The smallest absolute Gasteiger partial charge is 0.293 e. The molecule has 4 rings (SSSR count). The van der Waals surface area contributed by atoms with Crippen molar-refractivity contribution in [2.24, 2.45) is 0 Å². The number of hydrogen-bond acceptors (Lipinski definition) is 3. The highest BCUT2D eigenvalue weighted by atomic mass is 35.5. The van der Waals surface area contributed by atoms with Crippen LogP contribution in [0.25, 0.3) is 11.0 Å². The maximum absolute atomic E-state index is 13.4. The molecular weight excluding hydrogens is 395 g/mol. The molecule has 0 atom stereocenters. The largest absolute Gasteiger partial charge is 0.449 e. The van der Waals surface area contributed by atoms with Crippen molar-refractivity contribution < 1.29 is 18.4 Å². The van der Waals surface area contributed by atoms with Crippen molar-refractivity contribution in [1.29, 1.82) is 0 Å². The highest BCUT2D eigenvalue weighted by Gasteiger charge is 2.23. The fourth-order valence-electron chi connectivity index (χ4n) is 2.91. The second-order valence-corrected chi connectivity index (χ2v) is 6.61. The average molecular weight is 409 g/mol. The summed E-state index contributed by atoms with van der Waals surface area (Å²) in [6, 6.07) is 19.0. The number of anilines is 2. The number of furan rings is 1. The van der Waals surface area contributed by atoms with Gasteiger partial charge in [-0.1, -0.05) is 41.9 Å². The summed E-state index contributed by atoms with van der Waals surface area (Å²) >= 11 is 6.10. The lowest BCUT2D eigenvalue weighted by molar-refractivity contribution is 0.0999. The van der Waals surface area contributed by atoms with Crippen molar-refractivity contribution in [3.05, 3.63) is 95.0 Å². The Bertz CT molecular complexity index is 1240. The van der Waals surface area contributed by atoms with E-state index in [4.69, 9.17) is 16.0 Å². The van der Waals surface area contributed by atoms with Gasteiger partial charge in [0.05, 0.1) is 10.6 Å². The molecule has 0 unspecified atom stereocenters. The molecule has 1 heterocycles. The van der Waals surface area contributed by atoms with E-state index in [2.05, 4.69) is 10.6 Å². The zero-order valence-corrected chi connectivity index (χ0v) is 15.7. The number of hydrogen-bond donors (Lipinski definition) is 2. The molecule has 0 radical (unpaired) electrons. The molecule has 4 aromatic rings. The van der Waals surface area contributed by atoms with Crippen LogP contribution in [0.4, 0.5) is 15.8 Å². The fourth-order valence-corrected chi connectivity index (χ4v) is 3.13. The van der Waals surface area contributed by atoms with Gasteiger partial charge in [-0.2, -0.15) is 0 Å². The molecule has 5 nitrogen and oxygen atoms in total.